The molecule has 3 nitrogen and oxygen atoms in total. The van der Waals surface area contributed by atoms with Gasteiger partial charge in [0.25, 0.3) is 0 Å². The molecule has 0 fully saturated rings. The van der Waals surface area contributed by atoms with Crippen LogP contribution >= 0.6 is 11.6 Å². The Morgan fingerprint density at radius 3 is 2.71 bits per heavy atom. The zero-order valence-corrected chi connectivity index (χ0v) is 11.6. The van der Waals surface area contributed by atoms with Crippen molar-refractivity contribution in [3.63, 3.8) is 0 Å². The number of nitrogens with one attached hydrogen (secondary N) is 1. The molecule has 0 saturated carbocycles. The van der Waals surface area contributed by atoms with Crippen molar-refractivity contribution in [1.82, 2.24) is 5.32 Å². The topological polar surface area (TPSA) is 30.5 Å². The molecular formula is C12H18Cl2NO2-. The summed E-state index contributed by atoms with van der Waals surface area (Å²) in [5, 5.41) is 3.92. The monoisotopic (exact) mass is 278 g/mol. The SMILES string of the molecule is CCOc1ccc(CNCCOC)cc1Cl.[Cl-]. The summed E-state index contributed by atoms with van der Waals surface area (Å²) in [7, 11) is 1.69. The van der Waals surface area contributed by atoms with Gasteiger partial charge in [0.05, 0.1) is 18.2 Å². The van der Waals surface area contributed by atoms with Crippen LogP contribution in [-0.2, 0) is 11.3 Å². The van der Waals surface area contributed by atoms with Gasteiger partial charge < -0.3 is 27.2 Å². The lowest BCUT2D eigenvalue weighted by Gasteiger charge is -2.08. The van der Waals surface area contributed by atoms with E-state index in [1.807, 2.05) is 25.1 Å². The van der Waals surface area contributed by atoms with Crippen LogP contribution in [0.15, 0.2) is 18.2 Å². The third kappa shape index (κ3) is 6.13. The highest BCUT2D eigenvalue weighted by Gasteiger charge is 2.01. The smallest absolute Gasteiger partial charge is 0.137 e. The molecule has 0 bridgehead atoms. The molecule has 0 aromatic heterocycles. The van der Waals surface area contributed by atoms with Crippen molar-refractivity contribution in [3.8, 4) is 5.75 Å². The Kier molecular flexibility index (Phi) is 9.27. The van der Waals surface area contributed by atoms with Crippen LogP contribution in [0.2, 0.25) is 5.02 Å². The Bertz CT molecular complexity index is 321. The van der Waals surface area contributed by atoms with Gasteiger partial charge in [0.1, 0.15) is 5.75 Å². The van der Waals surface area contributed by atoms with E-state index in [4.69, 9.17) is 21.1 Å². The van der Waals surface area contributed by atoms with Gasteiger partial charge in [0, 0.05) is 20.2 Å². The number of halogens is 2. The molecule has 17 heavy (non-hydrogen) atoms. The second-order valence-electron chi connectivity index (χ2n) is 3.37. The fourth-order valence-corrected chi connectivity index (χ4v) is 1.59. The molecule has 0 unspecified atom stereocenters. The lowest BCUT2D eigenvalue weighted by molar-refractivity contribution is -0.00000417. The molecule has 0 aliphatic carbocycles. The van der Waals surface area contributed by atoms with Crippen LogP contribution in [0.5, 0.6) is 5.75 Å². The van der Waals surface area contributed by atoms with Crippen molar-refractivity contribution in [3.05, 3.63) is 28.8 Å². The molecule has 5 heteroatoms. The quantitative estimate of drug-likeness (QED) is 0.681. The Morgan fingerprint density at radius 2 is 2.12 bits per heavy atom. The molecule has 1 rings (SSSR count). The van der Waals surface area contributed by atoms with E-state index in [-0.39, 0.29) is 12.4 Å². The molecule has 1 N–H and O–H groups in total. The molecule has 1 aromatic carbocycles. The summed E-state index contributed by atoms with van der Waals surface area (Å²) < 4.78 is 10.3. The zero-order chi connectivity index (χ0) is 11.8. The summed E-state index contributed by atoms with van der Waals surface area (Å²) in [4.78, 5) is 0. The first-order valence-corrected chi connectivity index (χ1v) is 5.76. The average molecular weight is 279 g/mol. The molecule has 0 radical (unpaired) electrons. The van der Waals surface area contributed by atoms with Crippen LogP contribution < -0.4 is 22.5 Å². The van der Waals surface area contributed by atoms with E-state index in [9.17, 15) is 0 Å². The molecule has 0 heterocycles. The maximum Gasteiger partial charge on any atom is 0.137 e. The van der Waals surface area contributed by atoms with Crippen molar-refractivity contribution >= 4 is 11.6 Å². The summed E-state index contributed by atoms with van der Waals surface area (Å²) in [6.07, 6.45) is 0. The number of benzene rings is 1. The van der Waals surface area contributed by atoms with Crippen molar-refractivity contribution < 1.29 is 21.9 Å². The molecule has 1 aromatic rings. The maximum atomic E-state index is 6.07. The second kappa shape index (κ2) is 9.54. The first kappa shape index (κ1) is 16.5. The number of hydrogen-bond acceptors (Lipinski definition) is 3. The van der Waals surface area contributed by atoms with E-state index in [1.165, 1.54) is 0 Å². The van der Waals surface area contributed by atoms with Crippen molar-refractivity contribution in [2.45, 2.75) is 13.5 Å². The Balaban J connectivity index is 0.00000256. The van der Waals surface area contributed by atoms with Gasteiger partial charge in [-0.05, 0) is 24.6 Å². The van der Waals surface area contributed by atoms with E-state index >= 15 is 0 Å². The number of rotatable bonds is 7. The fraction of sp³-hybridized carbons (Fsp3) is 0.500. The van der Waals surface area contributed by atoms with E-state index < -0.39 is 0 Å². The predicted octanol–water partition coefficient (Wildman–Crippen LogP) is -0.521. The third-order valence-electron chi connectivity index (χ3n) is 2.11. The second-order valence-corrected chi connectivity index (χ2v) is 3.77. The molecule has 0 atom stereocenters. The van der Waals surface area contributed by atoms with Crippen molar-refractivity contribution in [2.24, 2.45) is 0 Å². The standard InChI is InChI=1S/C12H18ClNO2.ClH/c1-3-16-12-5-4-10(8-11(12)13)9-14-6-7-15-2;/h4-5,8,14H,3,6-7,9H2,1-2H3;1H/p-1. The first-order chi connectivity index (χ1) is 7.77. The van der Waals surface area contributed by atoms with E-state index in [2.05, 4.69) is 5.32 Å². The van der Waals surface area contributed by atoms with Crippen LogP contribution in [0.4, 0.5) is 0 Å². The highest BCUT2D eigenvalue weighted by atomic mass is 35.5. The highest BCUT2D eigenvalue weighted by molar-refractivity contribution is 6.32. The van der Waals surface area contributed by atoms with Crippen molar-refractivity contribution in [2.75, 3.05) is 26.9 Å². The summed E-state index contributed by atoms with van der Waals surface area (Å²) in [5.74, 6) is 0.741. The maximum absolute atomic E-state index is 6.07. The third-order valence-corrected chi connectivity index (χ3v) is 2.40. The van der Waals surface area contributed by atoms with E-state index in [0.717, 1.165) is 24.4 Å². The van der Waals surface area contributed by atoms with Gasteiger partial charge in [-0.25, -0.2) is 0 Å². The molecule has 0 aliphatic rings. The fourth-order valence-electron chi connectivity index (χ4n) is 1.33. The van der Waals surface area contributed by atoms with Gasteiger partial charge in [-0.3, -0.25) is 0 Å². The molecule has 0 saturated heterocycles. The lowest BCUT2D eigenvalue weighted by Crippen LogP contribution is -3.00. The van der Waals surface area contributed by atoms with Crippen LogP contribution in [0.3, 0.4) is 0 Å². The highest BCUT2D eigenvalue weighted by Crippen LogP contribution is 2.25. The lowest BCUT2D eigenvalue weighted by atomic mass is 10.2. The van der Waals surface area contributed by atoms with Crippen molar-refractivity contribution in [1.29, 1.82) is 0 Å². The minimum Gasteiger partial charge on any atom is -1.00 e. The number of methoxy groups -OCH3 is 1. The van der Waals surface area contributed by atoms with E-state index in [0.29, 0.717) is 18.2 Å². The predicted molar refractivity (Wildman–Crippen MR) is 66.2 cm³/mol. The summed E-state index contributed by atoms with van der Waals surface area (Å²) in [6, 6.07) is 5.84. The van der Waals surface area contributed by atoms with Gasteiger partial charge in [-0.2, -0.15) is 0 Å². The zero-order valence-electron chi connectivity index (χ0n) is 10.1. The molecule has 0 amide bonds. The van der Waals surface area contributed by atoms with Gasteiger partial charge in [-0.1, -0.05) is 17.7 Å². The first-order valence-electron chi connectivity index (χ1n) is 5.38. The largest absolute Gasteiger partial charge is 1.00 e. The molecular weight excluding hydrogens is 261 g/mol. The van der Waals surface area contributed by atoms with Gasteiger partial charge in [0.15, 0.2) is 0 Å². The van der Waals surface area contributed by atoms with E-state index in [1.54, 1.807) is 7.11 Å². The van der Waals surface area contributed by atoms with Gasteiger partial charge in [-0.15, -0.1) is 0 Å². The summed E-state index contributed by atoms with van der Waals surface area (Å²) >= 11 is 6.07. The van der Waals surface area contributed by atoms with Gasteiger partial charge in [0.2, 0.25) is 0 Å². The molecule has 0 spiro atoms. The van der Waals surface area contributed by atoms with Crippen LogP contribution in [-0.4, -0.2) is 26.9 Å². The van der Waals surface area contributed by atoms with Crippen LogP contribution in [0.25, 0.3) is 0 Å². The Hall–Kier alpha value is -0.480. The summed E-state index contributed by atoms with van der Waals surface area (Å²) in [6.45, 7) is 4.91. The number of hydrogen-bond donors (Lipinski definition) is 1. The normalized spacial score (nSPS) is 9.82. The van der Waals surface area contributed by atoms with Crippen LogP contribution in [0.1, 0.15) is 12.5 Å². The minimum atomic E-state index is 0. The molecule has 0 aliphatic heterocycles. The number of ether oxygens (including phenoxy) is 2. The molecule has 98 valence electrons. The summed E-state index contributed by atoms with van der Waals surface area (Å²) in [5.41, 5.74) is 1.14. The average Bonchev–Trinajstić information content (AvgIpc) is 2.28. The van der Waals surface area contributed by atoms with Gasteiger partial charge >= 0.3 is 0 Å². The van der Waals surface area contributed by atoms with Crippen LogP contribution in [0, 0.1) is 0 Å². The minimum absolute atomic E-state index is 0. The Morgan fingerprint density at radius 1 is 1.35 bits per heavy atom. The Labute approximate surface area is 114 Å².